The van der Waals surface area contributed by atoms with Crippen LogP contribution in [0.1, 0.15) is 5.56 Å². The summed E-state index contributed by atoms with van der Waals surface area (Å²) in [5.41, 5.74) is 0.940. The van der Waals surface area contributed by atoms with Crippen LogP contribution in [0.3, 0.4) is 0 Å². The Bertz CT molecular complexity index is 456. The second kappa shape index (κ2) is 6.91. The third-order valence-corrected chi connectivity index (χ3v) is 3.23. The molecule has 0 spiro atoms. The van der Waals surface area contributed by atoms with Gasteiger partial charge in [-0.2, -0.15) is 0 Å². The summed E-state index contributed by atoms with van der Waals surface area (Å²) in [6.07, 6.45) is -0.370. The maximum atomic E-state index is 11.9. The Morgan fingerprint density at radius 3 is 2.25 bits per heavy atom. The van der Waals surface area contributed by atoms with Crippen molar-refractivity contribution in [2.75, 3.05) is 32.8 Å². The van der Waals surface area contributed by atoms with Crippen LogP contribution in [-0.2, 0) is 16.1 Å². The van der Waals surface area contributed by atoms with Crippen LogP contribution in [0.25, 0.3) is 0 Å². The fourth-order valence-electron chi connectivity index (χ4n) is 2.05. The van der Waals surface area contributed by atoms with Crippen molar-refractivity contribution in [3.05, 3.63) is 35.9 Å². The molecule has 108 valence electrons. The molecule has 0 unspecified atom stereocenters. The van der Waals surface area contributed by atoms with Gasteiger partial charge in [0.25, 0.3) is 0 Å². The lowest BCUT2D eigenvalue weighted by Crippen LogP contribution is -2.51. The number of ether oxygens (including phenoxy) is 1. The van der Waals surface area contributed by atoms with Gasteiger partial charge in [0.15, 0.2) is 0 Å². The van der Waals surface area contributed by atoms with Crippen molar-refractivity contribution < 1.29 is 19.4 Å². The van der Waals surface area contributed by atoms with Gasteiger partial charge in [-0.3, -0.25) is 4.79 Å². The van der Waals surface area contributed by atoms with E-state index in [-0.39, 0.29) is 18.6 Å². The summed E-state index contributed by atoms with van der Waals surface area (Å²) in [6, 6.07) is 9.48. The average Bonchev–Trinajstić information content (AvgIpc) is 2.53. The van der Waals surface area contributed by atoms with Gasteiger partial charge in [0.2, 0.25) is 5.91 Å². The highest BCUT2D eigenvalue weighted by Crippen LogP contribution is 2.07. The topological polar surface area (TPSA) is 70.1 Å². The van der Waals surface area contributed by atoms with E-state index in [0.29, 0.717) is 26.2 Å². The summed E-state index contributed by atoms with van der Waals surface area (Å²) in [7, 11) is 0. The lowest BCUT2D eigenvalue weighted by Gasteiger charge is -2.33. The quantitative estimate of drug-likeness (QED) is 0.872. The summed E-state index contributed by atoms with van der Waals surface area (Å²) < 4.78 is 5.22. The largest absolute Gasteiger partial charge is 0.445 e. The molecule has 1 fully saturated rings. The van der Waals surface area contributed by atoms with Crippen LogP contribution in [0.15, 0.2) is 30.3 Å². The third kappa shape index (κ3) is 3.71. The average molecular weight is 278 g/mol. The van der Waals surface area contributed by atoms with Gasteiger partial charge < -0.3 is 19.6 Å². The first-order valence-corrected chi connectivity index (χ1v) is 6.55. The molecular weight excluding hydrogens is 260 g/mol. The highest BCUT2D eigenvalue weighted by molar-refractivity contribution is 5.77. The minimum Gasteiger partial charge on any atom is -0.445 e. The summed E-state index contributed by atoms with van der Waals surface area (Å²) in [4.78, 5) is 26.3. The molecule has 0 aliphatic carbocycles. The molecule has 0 saturated carbocycles. The van der Waals surface area contributed by atoms with Crippen molar-refractivity contribution >= 4 is 12.0 Å². The van der Waals surface area contributed by atoms with E-state index in [1.165, 1.54) is 0 Å². The molecule has 2 amide bonds. The van der Waals surface area contributed by atoms with Crippen molar-refractivity contribution in [3.8, 4) is 0 Å². The summed E-state index contributed by atoms with van der Waals surface area (Å²) in [5, 5.41) is 8.78. The molecule has 1 heterocycles. The van der Waals surface area contributed by atoms with Crippen molar-refractivity contribution in [1.82, 2.24) is 9.80 Å². The Labute approximate surface area is 117 Å². The Kier molecular flexibility index (Phi) is 4.95. The van der Waals surface area contributed by atoms with E-state index in [2.05, 4.69) is 0 Å². The molecule has 2 rings (SSSR count). The van der Waals surface area contributed by atoms with Gasteiger partial charge in [-0.25, -0.2) is 4.79 Å². The number of benzene rings is 1. The van der Waals surface area contributed by atoms with E-state index >= 15 is 0 Å². The fourth-order valence-corrected chi connectivity index (χ4v) is 2.05. The second-order valence-corrected chi connectivity index (χ2v) is 4.57. The Balaban J connectivity index is 1.76. The van der Waals surface area contributed by atoms with Gasteiger partial charge in [0, 0.05) is 26.2 Å². The van der Waals surface area contributed by atoms with Crippen molar-refractivity contribution in [2.24, 2.45) is 0 Å². The maximum Gasteiger partial charge on any atom is 0.410 e. The standard InChI is InChI=1S/C14H18N2O4/c17-10-13(18)15-6-8-16(9-7-15)14(19)20-11-12-4-2-1-3-5-12/h1-5,17H,6-11H2. The number of carbonyl (C=O) groups is 2. The van der Waals surface area contributed by atoms with E-state index in [9.17, 15) is 9.59 Å². The van der Waals surface area contributed by atoms with Gasteiger partial charge in [0.05, 0.1) is 0 Å². The van der Waals surface area contributed by atoms with E-state index in [1.807, 2.05) is 30.3 Å². The minimum atomic E-state index is -0.488. The van der Waals surface area contributed by atoms with Crippen LogP contribution in [0.2, 0.25) is 0 Å². The minimum absolute atomic E-state index is 0.245. The number of amides is 2. The molecule has 20 heavy (non-hydrogen) atoms. The zero-order chi connectivity index (χ0) is 14.4. The Morgan fingerprint density at radius 2 is 1.65 bits per heavy atom. The molecule has 6 heteroatoms. The molecule has 1 saturated heterocycles. The van der Waals surface area contributed by atoms with Crippen LogP contribution in [-0.4, -0.2) is 59.7 Å². The second-order valence-electron chi connectivity index (χ2n) is 4.57. The summed E-state index contributed by atoms with van der Waals surface area (Å²) in [6.45, 7) is 1.48. The highest BCUT2D eigenvalue weighted by Gasteiger charge is 2.24. The number of carbonyl (C=O) groups excluding carboxylic acids is 2. The highest BCUT2D eigenvalue weighted by atomic mass is 16.6. The van der Waals surface area contributed by atoms with Gasteiger partial charge in [-0.1, -0.05) is 30.3 Å². The number of nitrogens with zero attached hydrogens (tertiary/aromatic N) is 2. The lowest BCUT2D eigenvalue weighted by atomic mass is 10.2. The van der Waals surface area contributed by atoms with Crippen molar-refractivity contribution in [3.63, 3.8) is 0 Å². The normalized spacial score (nSPS) is 15.1. The lowest BCUT2D eigenvalue weighted by molar-refractivity contribution is -0.135. The van der Waals surface area contributed by atoms with Crippen LogP contribution < -0.4 is 0 Å². The zero-order valence-electron chi connectivity index (χ0n) is 11.2. The number of aliphatic hydroxyl groups excluding tert-OH is 1. The monoisotopic (exact) mass is 278 g/mol. The van der Waals surface area contributed by atoms with Gasteiger partial charge in [-0.05, 0) is 5.56 Å². The van der Waals surface area contributed by atoms with E-state index in [0.717, 1.165) is 5.56 Å². The number of hydrogen-bond donors (Lipinski definition) is 1. The van der Waals surface area contributed by atoms with Crippen LogP contribution in [0, 0.1) is 0 Å². The zero-order valence-corrected chi connectivity index (χ0v) is 11.2. The molecule has 1 aromatic carbocycles. The van der Waals surface area contributed by atoms with Gasteiger partial charge >= 0.3 is 6.09 Å². The SMILES string of the molecule is O=C(CO)N1CCN(C(=O)OCc2ccccc2)CC1. The predicted molar refractivity (Wildman–Crippen MR) is 71.9 cm³/mol. The summed E-state index contributed by atoms with van der Waals surface area (Å²) >= 11 is 0. The molecule has 6 nitrogen and oxygen atoms in total. The summed E-state index contributed by atoms with van der Waals surface area (Å²) in [5.74, 6) is -0.303. The Morgan fingerprint density at radius 1 is 1.05 bits per heavy atom. The number of aliphatic hydroxyl groups is 1. The molecule has 0 aromatic heterocycles. The van der Waals surface area contributed by atoms with E-state index in [4.69, 9.17) is 9.84 Å². The molecule has 1 aliphatic heterocycles. The van der Waals surface area contributed by atoms with Crippen molar-refractivity contribution in [1.29, 1.82) is 0 Å². The molecule has 0 bridgehead atoms. The number of piperazine rings is 1. The first kappa shape index (κ1) is 14.3. The van der Waals surface area contributed by atoms with Crippen molar-refractivity contribution in [2.45, 2.75) is 6.61 Å². The van der Waals surface area contributed by atoms with Gasteiger partial charge in [0.1, 0.15) is 13.2 Å². The fraction of sp³-hybridized carbons (Fsp3) is 0.429. The van der Waals surface area contributed by atoms with E-state index < -0.39 is 6.61 Å². The predicted octanol–water partition coefficient (Wildman–Crippen LogP) is 0.460. The van der Waals surface area contributed by atoms with Crippen LogP contribution in [0.5, 0.6) is 0 Å². The molecule has 1 aliphatic rings. The third-order valence-electron chi connectivity index (χ3n) is 3.23. The molecule has 0 atom stereocenters. The number of hydrogen-bond acceptors (Lipinski definition) is 4. The molecule has 1 aromatic rings. The number of rotatable bonds is 3. The van der Waals surface area contributed by atoms with Crippen LogP contribution >= 0.6 is 0 Å². The van der Waals surface area contributed by atoms with Gasteiger partial charge in [-0.15, -0.1) is 0 Å². The first-order chi connectivity index (χ1) is 9.70. The molecule has 1 N–H and O–H groups in total. The van der Waals surface area contributed by atoms with E-state index in [1.54, 1.807) is 9.80 Å². The van der Waals surface area contributed by atoms with Crippen LogP contribution in [0.4, 0.5) is 4.79 Å². The molecular formula is C14H18N2O4. The first-order valence-electron chi connectivity index (χ1n) is 6.55. The maximum absolute atomic E-state index is 11.9. The Hall–Kier alpha value is -2.08. The smallest absolute Gasteiger partial charge is 0.410 e. The molecule has 0 radical (unpaired) electrons.